The van der Waals surface area contributed by atoms with E-state index < -0.39 is 11.1 Å². The Bertz CT molecular complexity index is 979. The van der Waals surface area contributed by atoms with Gasteiger partial charge in [0.1, 0.15) is 5.25 Å². The summed E-state index contributed by atoms with van der Waals surface area (Å²) < 4.78 is 18.7. The van der Waals surface area contributed by atoms with Gasteiger partial charge in [0.15, 0.2) is 16.7 Å². The normalized spacial score (nSPS) is 18.3. The highest BCUT2D eigenvalue weighted by Crippen LogP contribution is 2.23. The largest absolute Gasteiger partial charge is 0.494 e. The smallest absolute Gasteiger partial charge is 0.238 e. The molecule has 1 aliphatic heterocycles. The number of rotatable bonds is 5. The number of halogens is 1. The van der Waals surface area contributed by atoms with Crippen molar-refractivity contribution >= 4 is 40.1 Å². The number of carbonyl (C=O) groups excluding carboxylic acids is 2. The minimum atomic E-state index is -0.628. The fourth-order valence-corrected chi connectivity index (χ4v) is 3.48. The van der Waals surface area contributed by atoms with E-state index in [0.717, 1.165) is 11.8 Å². The lowest BCUT2D eigenvalue weighted by molar-refractivity contribution is -0.123. The van der Waals surface area contributed by atoms with Gasteiger partial charge < -0.3 is 15.4 Å². The standard InChI is InChI=1S/C20H19FN4O3S/c1-12(13-8-9-16(28-2)15(21)10-13)24-25-20-23-18(26)11-17(29-20)19(27)22-14-6-4-3-5-7-14/h3-10,17H,11H2,1-2H3,(H,22,27)(H,23,25,26)/t17-/m0/s1. The summed E-state index contributed by atoms with van der Waals surface area (Å²) >= 11 is 1.11. The van der Waals surface area contributed by atoms with Gasteiger partial charge in [-0.15, -0.1) is 5.10 Å². The summed E-state index contributed by atoms with van der Waals surface area (Å²) in [5.41, 5.74) is 1.63. The fraction of sp³-hybridized carbons (Fsp3) is 0.200. The highest BCUT2D eigenvalue weighted by atomic mass is 32.2. The first-order valence-corrected chi connectivity index (χ1v) is 9.63. The predicted molar refractivity (Wildman–Crippen MR) is 112 cm³/mol. The lowest BCUT2D eigenvalue weighted by atomic mass is 10.1. The molecule has 2 N–H and O–H groups in total. The highest BCUT2D eigenvalue weighted by Gasteiger charge is 2.30. The quantitative estimate of drug-likeness (QED) is 0.581. The van der Waals surface area contributed by atoms with Crippen LogP contribution in [0.3, 0.4) is 0 Å². The molecule has 0 aromatic heterocycles. The van der Waals surface area contributed by atoms with Crippen LogP contribution in [-0.4, -0.2) is 35.1 Å². The second-order valence-electron chi connectivity index (χ2n) is 6.15. The first-order chi connectivity index (χ1) is 14.0. The first kappa shape index (κ1) is 20.5. The van der Waals surface area contributed by atoms with E-state index >= 15 is 0 Å². The molecule has 29 heavy (non-hydrogen) atoms. The summed E-state index contributed by atoms with van der Waals surface area (Å²) in [7, 11) is 1.39. The van der Waals surface area contributed by atoms with Crippen molar-refractivity contribution in [2.45, 2.75) is 18.6 Å². The molecule has 1 heterocycles. The van der Waals surface area contributed by atoms with Crippen LogP contribution in [0.15, 0.2) is 58.7 Å². The monoisotopic (exact) mass is 414 g/mol. The number of hydrogen-bond donors (Lipinski definition) is 2. The molecule has 2 amide bonds. The van der Waals surface area contributed by atoms with Crippen molar-refractivity contribution in [3.63, 3.8) is 0 Å². The Hall–Kier alpha value is -3.20. The van der Waals surface area contributed by atoms with Crippen molar-refractivity contribution in [1.29, 1.82) is 0 Å². The molecule has 0 radical (unpaired) electrons. The minimum Gasteiger partial charge on any atom is -0.494 e. The molecule has 0 aliphatic carbocycles. The number of hydrogen-bond acceptors (Lipinski definition) is 6. The van der Waals surface area contributed by atoms with Crippen molar-refractivity contribution in [1.82, 2.24) is 5.32 Å². The van der Waals surface area contributed by atoms with Crippen LogP contribution in [0.4, 0.5) is 10.1 Å². The van der Waals surface area contributed by atoms with E-state index in [9.17, 15) is 14.0 Å². The molecular formula is C20H19FN4O3S. The number of anilines is 1. The van der Waals surface area contributed by atoms with Crippen LogP contribution in [0.1, 0.15) is 18.9 Å². The van der Waals surface area contributed by atoms with Gasteiger partial charge in [-0.25, -0.2) is 4.39 Å². The van der Waals surface area contributed by atoms with E-state index in [1.54, 1.807) is 25.1 Å². The molecule has 2 aromatic rings. The van der Waals surface area contributed by atoms with Gasteiger partial charge in [-0.2, -0.15) is 5.10 Å². The van der Waals surface area contributed by atoms with E-state index in [1.165, 1.54) is 19.2 Å². The van der Waals surface area contributed by atoms with E-state index in [1.807, 2.05) is 18.2 Å². The van der Waals surface area contributed by atoms with Crippen LogP contribution in [0.2, 0.25) is 0 Å². The van der Waals surface area contributed by atoms with Crippen LogP contribution in [0.5, 0.6) is 5.75 Å². The first-order valence-electron chi connectivity index (χ1n) is 8.75. The summed E-state index contributed by atoms with van der Waals surface area (Å²) in [4.78, 5) is 24.4. The van der Waals surface area contributed by atoms with E-state index in [-0.39, 0.29) is 29.2 Å². The Morgan fingerprint density at radius 2 is 2.03 bits per heavy atom. The second kappa shape index (κ2) is 9.33. The molecule has 0 saturated carbocycles. The molecule has 1 aliphatic rings. The van der Waals surface area contributed by atoms with E-state index in [4.69, 9.17) is 4.74 Å². The Morgan fingerprint density at radius 3 is 2.72 bits per heavy atom. The van der Waals surface area contributed by atoms with Gasteiger partial charge in [-0.1, -0.05) is 30.0 Å². The third kappa shape index (κ3) is 5.41. The molecule has 150 valence electrons. The molecule has 1 atom stereocenters. The summed E-state index contributed by atoms with van der Waals surface area (Å²) in [6.07, 6.45) is 0.0364. The molecule has 7 nitrogen and oxygen atoms in total. The van der Waals surface area contributed by atoms with Crippen molar-refractivity contribution in [2.75, 3.05) is 12.4 Å². The number of amides is 2. The van der Waals surface area contributed by atoms with Gasteiger partial charge in [0, 0.05) is 17.7 Å². The molecule has 2 aromatic carbocycles. The third-order valence-electron chi connectivity index (χ3n) is 4.07. The minimum absolute atomic E-state index is 0.0364. The Balaban J connectivity index is 1.71. The van der Waals surface area contributed by atoms with Crippen LogP contribution in [-0.2, 0) is 9.59 Å². The van der Waals surface area contributed by atoms with Crippen molar-refractivity contribution in [3.05, 3.63) is 59.9 Å². The van der Waals surface area contributed by atoms with E-state index in [2.05, 4.69) is 20.8 Å². The second-order valence-corrected chi connectivity index (χ2v) is 7.35. The van der Waals surface area contributed by atoms with Gasteiger partial charge in [-0.05, 0) is 37.3 Å². The number of para-hydroxylation sites is 1. The zero-order valence-corrected chi connectivity index (χ0v) is 16.6. The van der Waals surface area contributed by atoms with Gasteiger partial charge in [0.2, 0.25) is 11.8 Å². The van der Waals surface area contributed by atoms with Crippen LogP contribution < -0.4 is 15.4 Å². The highest BCUT2D eigenvalue weighted by molar-refractivity contribution is 8.15. The van der Waals surface area contributed by atoms with Gasteiger partial charge >= 0.3 is 0 Å². The van der Waals surface area contributed by atoms with Gasteiger partial charge in [0.05, 0.1) is 12.8 Å². The molecule has 3 rings (SSSR count). The summed E-state index contributed by atoms with van der Waals surface area (Å²) in [5, 5.41) is 13.0. The zero-order chi connectivity index (χ0) is 20.8. The number of benzene rings is 2. The van der Waals surface area contributed by atoms with Crippen molar-refractivity contribution in [2.24, 2.45) is 10.2 Å². The average Bonchev–Trinajstić information content (AvgIpc) is 2.72. The maximum atomic E-state index is 13.9. The summed E-state index contributed by atoms with van der Waals surface area (Å²) in [6.45, 7) is 1.67. The molecule has 0 unspecified atom stereocenters. The number of nitrogens with zero attached hydrogens (tertiary/aromatic N) is 2. The number of ether oxygens (including phenoxy) is 1. The zero-order valence-electron chi connectivity index (χ0n) is 15.8. The number of nitrogens with one attached hydrogen (secondary N) is 2. The molecule has 0 bridgehead atoms. The topological polar surface area (TPSA) is 92.2 Å². The molecular weight excluding hydrogens is 395 g/mol. The summed E-state index contributed by atoms with van der Waals surface area (Å²) in [5.74, 6) is -0.985. The van der Waals surface area contributed by atoms with Crippen LogP contribution in [0.25, 0.3) is 0 Å². The lowest BCUT2D eigenvalue weighted by Gasteiger charge is -2.21. The Labute approximate surface area is 171 Å². The van der Waals surface area contributed by atoms with Crippen molar-refractivity contribution < 1.29 is 18.7 Å². The van der Waals surface area contributed by atoms with Crippen molar-refractivity contribution in [3.8, 4) is 5.75 Å². The SMILES string of the molecule is COc1ccc(C(C)=N/N=C2\NC(=O)C[C@@H](C(=O)Nc3ccccc3)S2)cc1F. The predicted octanol–water partition coefficient (Wildman–Crippen LogP) is 3.17. The Kier molecular flexibility index (Phi) is 6.61. The number of methoxy groups -OCH3 is 1. The molecule has 1 fully saturated rings. The average molecular weight is 414 g/mol. The van der Waals surface area contributed by atoms with Gasteiger partial charge in [0.25, 0.3) is 0 Å². The van der Waals surface area contributed by atoms with Crippen LogP contribution >= 0.6 is 11.8 Å². The lowest BCUT2D eigenvalue weighted by Crippen LogP contribution is -2.41. The fourth-order valence-electron chi connectivity index (χ4n) is 2.55. The maximum absolute atomic E-state index is 13.9. The number of thioether (sulfide) groups is 1. The number of carbonyl (C=O) groups is 2. The summed E-state index contributed by atoms with van der Waals surface area (Å²) in [6, 6.07) is 13.4. The Morgan fingerprint density at radius 1 is 1.28 bits per heavy atom. The van der Waals surface area contributed by atoms with Gasteiger partial charge in [-0.3, -0.25) is 9.59 Å². The van der Waals surface area contributed by atoms with E-state index in [0.29, 0.717) is 17.0 Å². The third-order valence-corrected chi connectivity index (χ3v) is 5.14. The van der Waals surface area contributed by atoms with Crippen LogP contribution in [0, 0.1) is 5.82 Å². The molecule has 1 saturated heterocycles. The molecule has 9 heteroatoms. The molecule has 0 spiro atoms. The number of amidine groups is 1. The maximum Gasteiger partial charge on any atom is 0.238 e.